The van der Waals surface area contributed by atoms with Crippen molar-refractivity contribution in [2.45, 2.75) is 36.9 Å². The van der Waals surface area contributed by atoms with E-state index in [-0.39, 0.29) is 23.3 Å². The van der Waals surface area contributed by atoms with Gasteiger partial charge in [0.2, 0.25) is 5.91 Å². The van der Waals surface area contributed by atoms with E-state index < -0.39 is 17.2 Å². The number of piperidine rings is 1. The third kappa shape index (κ3) is 5.52. The standard InChI is InChI=1S/C30H29F4N5O/c1-38-12-9-25(19-38)37-28(40)29(23-5-7-26(36-18-23)20-3-2-4-24(31)16-20)10-13-39(14-11-29)27-8-6-22(30(32,33)34)15-21(27)17-35/h2-8,15-16,18,25H,9-14,19H2,1H3,(H,37,40)/t25-/m1/s1. The lowest BCUT2D eigenvalue weighted by Gasteiger charge is -2.42. The highest BCUT2D eigenvalue weighted by molar-refractivity contribution is 5.89. The van der Waals surface area contributed by atoms with Crippen LogP contribution in [0, 0.1) is 17.1 Å². The third-order valence-electron chi connectivity index (χ3n) is 8.00. The summed E-state index contributed by atoms with van der Waals surface area (Å²) in [7, 11) is 2.01. The fraction of sp³-hybridized carbons (Fsp3) is 0.367. The van der Waals surface area contributed by atoms with Gasteiger partial charge in [-0.05, 0) is 74.8 Å². The smallest absolute Gasteiger partial charge is 0.370 e. The summed E-state index contributed by atoms with van der Waals surface area (Å²) in [5, 5.41) is 12.8. The highest BCUT2D eigenvalue weighted by Crippen LogP contribution is 2.40. The fourth-order valence-electron chi connectivity index (χ4n) is 5.73. The Morgan fingerprint density at radius 2 is 1.88 bits per heavy atom. The van der Waals surface area contributed by atoms with Crippen molar-refractivity contribution in [3.63, 3.8) is 0 Å². The van der Waals surface area contributed by atoms with Gasteiger partial charge < -0.3 is 15.1 Å². The molecule has 1 atom stereocenters. The molecule has 2 aromatic carbocycles. The molecule has 10 heteroatoms. The van der Waals surface area contributed by atoms with Gasteiger partial charge in [-0.1, -0.05) is 18.2 Å². The van der Waals surface area contributed by atoms with E-state index in [2.05, 4.69) is 15.2 Å². The van der Waals surface area contributed by atoms with Crippen molar-refractivity contribution in [3.8, 4) is 17.3 Å². The Morgan fingerprint density at radius 1 is 1.10 bits per heavy atom. The van der Waals surface area contributed by atoms with Crippen LogP contribution in [0.4, 0.5) is 23.2 Å². The molecule has 0 saturated carbocycles. The minimum absolute atomic E-state index is 0.0204. The topological polar surface area (TPSA) is 72.3 Å². The first-order chi connectivity index (χ1) is 19.1. The number of benzene rings is 2. The average molecular weight is 552 g/mol. The molecule has 1 amide bonds. The summed E-state index contributed by atoms with van der Waals surface area (Å²) in [5.74, 6) is -0.478. The lowest BCUT2D eigenvalue weighted by molar-refractivity contribution is -0.137. The minimum atomic E-state index is -4.54. The molecular weight excluding hydrogens is 522 g/mol. The number of nitrogens with zero attached hydrogens (tertiary/aromatic N) is 4. The highest BCUT2D eigenvalue weighted by atomic mass is 19.4. The summed E-state index contributed by atoms with van der Waals surface area (Å²) in [4.78, 5) is 22.5. The van der Waals surface area contributed by atoms with Crippen molar-refractivity contribution in [2.75, 3.05) is 38.1 Å². The first kappa shape index (κ1) is 27.6. The molecule has 0 spiro atoms. The summed E-state index contributed by atoms with van der Waals surface area (Å²) >= 11 is 0. The van der Waals surface area contributed by atoms with E-state index in [0.29, 0.717) is 42.9 Å². The molecule has 5 rings (SSSR count). The predicted octanol–water partition coefficient (Wildman–Crippen LogP) is 5.14. The summed E-state index contributed by atoms with van der Waals surface area (Å²) in [6.07, 6.45) is -1.27. The second-order valence-corrected chi connectivity index (χ2v) is 10.6. The van der Waals surface area contributed by atoms with Crippen LogP contribution in [0.2, 0.25) is 0 Å². The van der Waals surface area contributed by atoms with Crippen LogP contribution in [-0.4, -0.2) is 55.1 Å². The molecule has 3 heterocycles. The van der Waals surface area contributed by atoms with E-state index in [1.54, 1.807) is 24.4 Å². The number of pyridine rings is 1. The molecule has 2 saturated heterocycles. The number of nitrogens with one attached hydrogen (secondary N) is 1. The molecule has 6 nitrogen and oxygen atoms in total. The van der Waals surface area contributed by atoms with Gasteiger partial charge >= 0.3 is 6.18 Å². The van der Waals surface area contributed by atoms with Gasteiger partial charge in [-0.25, -0.2) is 4.39 Å². The van der Waals surface area contributed by atoms with Gasteiger partial charge in [0.25, 0.3) is 0 Å². The first-order valence-electron chi connectivity index (χ1n) is 13.2. The van der Waals surface area contributed by atoms with Gasteiger partial charge in [0.1, 0.15) is 11.9 Å². The van der Waals surface area contributed by atoms with Crippen molar-refractivity contribution in [1.29, 1.82) is 5.26 Å². The Balaban J connectivity index is 1.43. The maximum atomic E-state index is 13.9. The Bertz CT molecular complexity index is 1430. The Labute approximate surface area is 230 Å². The Kier molecular flexibility index (Phi) is 7.51. The number of likely N-dealkylation sites (tertiary alicyclic amines) is 1. The highest BCUT2D eigenvalue weighted by Gasteiger charge is 2.44. The number of halogens is 4. The van der Waals surface area contributed by atoms with E-state index in [0.717, 1.165) is 37.2 Å². The molecular formula is C30H29F4N5O. The molecule has 40 heavy (non-hydrogen) atoms. The van der Waals surface area contributed by atoms with Crippen LogP contribution in [0.15, 0.2) is 60.8 Å². The van der Waals surface area contributed by atoms with Crippen LogP contribution in [0.5, 0.6) is 0 Å². The van der Waals surface area contributed by atoms with Gasteiger partial charge in [0.15, 0.2) is 0 Å². The fourth-order valence-corrected chi connectivity index (χ4v) is 5.73. The maximum absolute atomic E-state index is 13.9. The van der Waals surface area contributed by atoms with Crippen LogP contribution in [0.3, 0.4) is 0 Å². The molecule has 2 fully saturated rings. The van der Waals surface area contributed by atoms with Crippen molar-refractivity contribution in [3.05, 3.63) is 83.3 Å². The quantitative estimate of drug-likeness (QED) is 0.445. The number of anilines is 1. The number of nitriles is 1. The molecule has 0 radical (unpaired) electrons. The van der Waals surface area contributed by atoms with E-state index in [1.165, 1.54) is 18.2 Å². The lowest BCUT2D eigenvalue weighted by Crippen LogP contribution is -2.54. The second kappa shape index (κ2) is 10.9. The molecule has 208 valence electrons. The second-order valence-electron chi connectivity index (χ2n) is 10.6. The summed E-state index contributed by atoms with van der Waals surface area (Å²) in [6.45, 7) is 2.37. The zero-order chi connectivity index (χ0) is 28.5. The van der Waals surface area contributed by atoms with Crippen molar-refractivity contribution in [1.82, 2.24) is 15.2 Å². The average Bonchev–Trinajstić information content (AvgIpc) is 3.36. The number of alkyl halides is 3. The number of amides is 1. The van der Waals surface area contributed by atoms with Crippen LogP contribution in [-0.2, 0) is 16.4 Å². The number of carbonyl (C=O) groups is 1. The number of hydrogen-bond acceptors (Lipinski definition) is 5. The monoisotopic (exact) mass is 551 g/mol. The summed E-state index contributed by atoms with van der Waals surface area (Å²) in [5.41, 5.74) is 0.512. The largest absolute Gasteiger partial charge is 0.416 e. The molecule has 2 aliphatic heterocycles. The lowest BCUT2D eigenvalue weighted by atomic mass is 9.72. The molecule has 0 aliphatic carbocycles. The molecule has 3 aromatic rings. The number of aromatic nitrogens is 1. The van der Waals surface area contributed by atoms with Gasteiger partial charge in [-0.15, -0.1) is 0 Å². The maximum Gasteiger partial charge on any atom is 0.416 e. The van der Waals surface area contributed by atoms with Crippen LogP contribution < -0.4 is 10.2 Å². The van der Waals surface area contributed by atoms with Crippen molar-refractivity contribution in [2.24, 2.45) is 0 Å². The summed E-state index contributed by atoms with van der Waals surface area (Å²) in [6, 6.07) is 14.9. The summed E-state index contributed by atoms with van der Waals surface area (Å²) < 4.78 is 53.4. The zero-order valence-corrected chi connectivity index (χ0v) is 22.0. The number of likely N-dealkylation sites (N-methyl/N-ethyl adjacent to an activating group) is 1. The van der Waals surface area contributed by atoms with Gasteiger partial charge in [-0.3, -0.25) is 9.78 Å². The normalized spacial score (nSPS) is 19.3. The molecule has 1 N–H and O–H groups in total. The Morgan fingerprint density at radius 3 is 2.48 bits per heavy atom. The number of rotatable bonds is 5. The van der Waals surface area contributed by atoms with Gasteiger partial charge in [0.05, 0.1) is 27.9 Å². The molecule has 1 aromatic heterocycles. The van der Waals surface area contributed by atoms with E-state index in [4.69, 9.17) is 0 Å². The van der Waals surface area contributed by atoms with Gasteiger partial charge in [-0.2, -0.15) is 18.4 Å². The molecule has 0 bridgehead atoms. The zero-order valence-electron chi connectivity index (χ0n) is 22.0. The molecule has 2 aliphatic rings. The SMILES string of the molecule is CN1CC[C@@H](NC(=O)C2(c3ccc(-c4cccc(F)c4)nc3)CCN(c3ccc(C(F)(F)F)cc3C#N)CC2)C1. The van der Waals surface area contributed by atoms with Crippen molar-refractivity contribution < 1.29 is 22.4 Å². The number of hydrogen-bond donors (Lipinski definition) is 1. The third-order valence-corrected chi connectivity index (χ3v) is 8.00. The number of carbonyl (C=O) groups excluding carboxylic acids is 1. The van der Waals surface area contributed by atoms with E-state index >= 15 is 0 Å². The minimum Gasteiger partial charge on any atom is -0.370 e. The van der Waals surface area contributed by atoms with Gasteiger partial charge in [0, 0.05) is 37.4 Å². The van der Waals surface area contributed by atoms with Crippen molar-refractivity contribution >= 4 is 11.6 Å². The Hall–Kier alpha value is -3.97. The van der Waals surface area contributed by atoms with Crippen LogP contribution in [0.1, 0.15) is 36.0 Å². The molecule has 0 unspecified atom stereocenters. The van der Waals surface area contributed by atoms with Crippen LogP contribution >= 0.6 is 0 Å². The predicted molar refractivity (Wildman–Crippen MR) is 143 cm³/mol. The first-order valence-corrected chi connectivity index (χ1v) is 13.2. The van der Waals surface area contributed by atoms with E-state index in [1.807, 2.05) is 24.1 Å². The van der Waals surface area contributed by atoms with Crippen LogP contribution in [0.25, 0.3) is 11.3 Å². The van der Waals surface area contributed by atoms with E-state index in [9.17, 15) is 27.6 Å².